The molecule has 17 heavy (non-hydrogen) atoms. The van der Waals surface area contributed by atoms with E-state index in [1.165, 1.54) is 24.3 Å². The summed E-state index contributed by atoms with van der Waals surface area (Å²) in [4.78, 5) is 0. The summed E-state index contributed by atoms with van der Waals surface area (Å²) >= 11 is 0. The summed E-state index contributed by atoms with van der Waals surface area (Å²) in [6, 6.07) is 5.37. The fraction of sp³-hybridized carbons (Fsp3) is 0.333. The fourth-order valence-electron chi connectivity index (χ4n) is 1.22. The predicted octanol–water partition coefficient (Wildman–Crippen LogP) is 3.73. The van der Waals surface area contributed by atoms with Crippen molar-refractivity contribution >= 4 is 0 Å². The Kier molecular flexibility index (Phi) is 4.43. The molecule has 0 fully saturated rings. The van der Waals surface area contributed by atoms with Crippen LogP contribution >= 0.6 is 0 Å². The Hall–Kier alpha value is -1.65. The number of ether oxygens (including phenoxy) is 2. The summed E-state index contributed by atoms with van der Waals surface area (Å²) in [5, 5.41) is 0. The smallest absolute Gasteiger partial charge is 0.490 e. The topological polar surface area (TPSA) is 18.5 Å². The third kappa shape index (κ3) is 5.29. The summed E-state index contributed by atoms with van der Waals surface area (Å²) in [6.07, 6.45) is -2.97. The molecule has 0 bridgehead atoms. The van der Waals surface area contributed by atoms with E-state index in [2.05, 4.69) is 4.74 Å². The standard InChI is InChI=1S/C12H12F3O2/c1-3-5-9(2)16-10-6-4-7-11(8-10)17-12(13,14)15/h1,3-4,6-9H,5H2,2H3. The van der Waals surface area contributed by atoms with Crippen LogP contribution in [0, 0.1) is 6.58 Å². The zero-order valence-corrected chi connectivity index (χ0v) is 9.20. The minimum Gasteiger partial charge on any atom is -0.490 e. The number of halogens is 3. The summed E-state index contributed by atoms with van der Waals surface area (Å²) in [5.41, 5.74) is 0. The molecule has 0 aliphatic rings. The van der Waals surface area contributed by atoms with Gasteiger partial charge in [-0.3, -0.25) is 0 Å². The number of benzene rings is 1. The van der Waals surface area contributed by atoms with E-state index in [0.29, 0.717) is 12.2 Å². The van der Waals surface area contributed by atoms with E-state index in [9.17, 15) is 13.2 Å². The van der Waals surface area contributed by atoms with Crippen LogP contribution in [0.25, 0.3) is 0 Å². The summed E-state index contributed by atoms with van der Waals surface area (Å²) in [5.74, 6) is 0.0000260. The van der Waals surface area contributed by atoms with Crippen molar-refractivity contribution in [3.8, 4) is 11.5 Å². The van der Waals surface area contributed by atoms with E-state index < -0.39 is 6.36 Å². The van der Waals surface area contributed by atoms with E-state index in [1.54, 1.807) is 13.0 Å². The summed E-state index contributed by atoms with van der Waals surface area (Å²) in [7, 11) is 0. The van der Waals surface area contributed by atoms with Gasteiger partial charge in [-0.1, -0.05) is 18.7 Å². The van der Waals surface area contributed by atoms with Gasteiger partial charge in [0.25, 0.3) is 0 Å². The van der Waals surface area contributed by atoms with Gasteiger partial charge in [-0.05, 0) is 19.1 Å². The van der Waals surface area contributed by atoms with Crippen molar-refractivity contribution in [2.75, 3.05) is 0 Å². The molecule has 1 aromatic carbocycles. The highest BCUT2D eigenvalue weighted by Crippen LogP contribution is 2.26. The molecule has 0 spiro atoms. The second kappa shape index (κ2) is 5.61. The molecule has 0 saturated carbocycles. The molecule has 1 aromatic rings. The number of alkyl halides is 3. The van der Waals surface area contributed by atoms with Crippen molar-refractivity contribution < 1.29 is 22.6 Å². The molecule has 5 heteroatoms. The Morgan fingerprint density at radius 2 is 2.00 bits per heavy atom. The van der Waals surface area contributed by atoms with Crippen LogP contribution in [0.3, 0.4) is 0 Å². The Labute approximate surface area is 97.7 Å². The normalized spacial score (nSPS) is 12.9. The lowest BCUT2D eigenvalue weighted by Gasteiger charge is -2.14. The summed E-state index contributed by atoms with van der Waals surface area (Å²) in [6.45, 7) is 6.98. The van der Waals surface area contributed by atoms with Crippen LogP contribution in [0.2, 0.25) is 0 Å². The first-order chi connectivity index (χ1) is 7.90. The molecule has 0 aliphatic heterocycles. The second-order valence-electron chi connectivity index (χ2n) is 3.42. The van der Waals surface area contributed by atoms with E-state index in [4.69, 9.17) is 11.3 Å². The molecule has 1 rings (SSSR count). The van der Waals surface area contributed by atoms with Crippen molar-refractivity contribution in [2.45, 2.75) is 25.8 Å². The van der Waals surface area contributed by atoms with Crippen molar-refractivity contribution in [3.05, 3.63) is 36.9 Å². The molecule has 1 radical (unpaired) electrons. The summed E-state index contributed by atoms with van der Waals surface area (Å²) < 4.78 is 45.0. The van der Waals surface area contributed by atoms with Crippen LogP contribution in [0.4, 0.5) is 13.2 Å². The van der Waals surface area contributed by atoms with Crippen molar-refractivity contribution in [1.82, 2.24) is 0 Å². The maximum Gasteiger partial charge on any atom is 0.573 e. The van der Waals surface area contributed by atoms with Gasteiger partial charge in [0.05, 0.1) is 6.10 Å². The maximum atomic E-state index is 12.0. The quantitative estimate of drug-likeness (QED) is 0.786. The average molecular weight is 245 g/mol. The molecule has 0 saturated heterocycles. The van der Waals surface area contributed by atoms with E-state index in [-0.39, 0.29) is 11.9 Å². The highest BCUT2D eigenvalue weighted by Gasteiger charge is 2.31. The first-order valence-electron chi connectivity index (χ1n) is 4.96. The molecule has 0 aromatic heterocycles. The number of rotatable bonds is 5. The first-order valence-corrected chi connectivity index (χ1v) is 4.96. The molecule has 2 nitrogen and oxygen atoms in total. The van der Waals surface area contributed by atoms with Gasteiger partial charge in [-0.15, -0.1) is 13.2 Å². The van der Waals surface area contributed by atoms with Crippen molar-refractivity contribution in [1.29, 1.82) is 0 Å². The highest BCUT2D eigenvalue weighted by atomic mass is 19.4. The SMILES string of the molecule is [CH]=CCC(C)Oc1cccc(OC(F)(F)F)c1. The third-order valence-electron chi connectivity index (χ3n) is 1.84. The predicted molar refractivity (Wildman–Crippen MR) is 56.7 cm³/mol. The van der Waals surface area contributed by atoms with E-state index >= 15 is 0 Å². The van der Waals surface area contributed by atoms with Gasteiger partial charge in [0.15, 0.2) is 0 Å². The fourth-order valence-corrected chi connectivity index (χ4v) is 1.22. The number of hydrogen-bond donors (Lipinski definition) is 0. The largest absolute Gasteiger partial charge is 0.573 e. The van der Waals surface area contributed by atoms with Crippen LogP contribution in [0.1, 0.15) is 13.3 Å². The van der Waals surface area contributed by atoms with Crippen LogP contribution in [-0.4, -0.2) is 12.5 Å². The highest BCUT2D eigenvalue weighted by molar-refractivity contribution is 5.33. The van der Waals surface area contributed by atoms with Gasteiger partial charge in [-0.25, -0.2) is 0 Å². The Morgan fingerprint density at radius 3 is 2.59 bits per heavy atom. The van der Waals surface area contributed by atoms with Gasteiger partial charge in [0.1, 0.15) is 11.5 Å². The van der Waals surface area contributed by atoms with Crippen LogP contribution in [0.5, 0.6) is 11.5 Å². The molecule has 93 valence electrons. The molecule has 0 amide bonds. The van der Waals surface area contributed by atoms with Crippen LogP contribution in [0.15, 0.2) is 30.3 Å². The van der Waals surface area contributed by atoms with Gasteiger partial charge in [0, 0.05) is 12.5 Å². The third-order valence-corrected chi connectivity index (χ3v) is 1.84. The monoisotopic (exact) mass is 245 g/mol. The lowest BCUT2D eigenvalue weighted by Crippen LogP contribution is -2.17. The van der Waals surface area contributed by atoms with E-state index in [1.807, 2.05) is 0 Å². The minimum atomic E-state index is -4.70. The van der Waals surface area contributed by atoms with Crippen LogP contribution in [-0.2, 0) is 0 Å². The van der Waals surface area contributed by atoms with E-state index in [0.717, 1.165) is 0 Å². The lowest BCUT2D eigenvalue weighted by atomic mass is 10.2. The molecule has 1 atom stereocenters. The Morgan fingerprint density at radius 1 is 1.35 bits per heavy atom. The second-order valence-corrected chi connectivity index (χ2v) is 3.42. The zero-order chi connectivity index (χ0) is 12.9. The molecule has 0 heterocycles. The number of hydrogen-bond acceptors (Lipinski definition) is 2. The van der Waals surface area contributed by atoms with Crippen LogP contribution < -0.4 is 9.47 Å². The Bertz CT molecular complexity index is 374. The van der Waals surface area contributed by atoms with Gasteiger partial charge in [-0.2, -0.15) is 0 Å². The van der Waals surface area contributed by atoms with Gasteiger partial charge in [0.2, 0.25) is 0 Å². The van der Waals surface area contributed by atoms with Gasteiger partial charge < -0.3 is 9.47 Å². The average Bonchev–Trinajstić information content (AvgIpc) is 2.15. The maximum absolute atomic E-state index is 12.0. The lowest BCUT2D eigenvalue weighted by molar-refractivity contribution is -0.274. The van der Waals surface area contributed by atoms with Gasteiger partial charge >= 0.3 is 6.36 Å². The first kappa shape index (κ1) is 13.4. The minimum absolute atomic E-state index is 0.207. The van der Waals surface area contributed by atoms with Crippen molar-refractivity contribution in [3.63, 3.8) is 0 Å². The molecular formula is C12H12F3O2. The molecular weight excluding hydrogens is 233 g/mol. The zero-order valence-electron chi connectivity index (χ0n) is 9.20. The molecule has 0 aliphatic carbocycles. The van der Waals surface area contributed by atoms with Crippen molar-refractivity contribution in [2.24, 2.45) is 0 Å². The Balaban J connectivity index is 2.69. The molecule has 0 N–H and O–H groups in total. The molecule has 1 unspecified atom stereocenters.